The highest BCUT2D eigenvalue weighted by atomic mass is 32.2. The Morgan fingerprint density at radius 2 is 2.04 bits per heavy atom. The first-order valence-electron chi connectivity index (χ1n) is 9.42. The molecule has 150 valence electrons. The lowest BCUT2D eigenvalue weighted by Gasteiger charge is -2.21. The molecule has 1 aromatic carbocycles. The van der Waals surface area contributed by atoms with Crippen LogP contribution in [0.1, 0.15) is 44.1 Å². The van der Waals surface area contributed by atoms with Crippen molar-refractivity contribution in [2.75, 3.05) is 26.5 Å². The average molecular weight is 395 g/mol. The van der Waals surface area contributed by atoms with E-state index in [1.54, 1.807) is 13.2 Å². The Labute approximate surface area is 162 Å². The van der Waals surface area contributed by atoms with Crippen LogP contribution in [0.2, 0.25) is 0 Å². The van der Waals surface area contributed by atoms with Crippen molar-refractivity contribution in [1.82, 2.24) is 9.62 Å². The van der Waals surface area contributed by atoms with Crippen LogP contribution in [0.3, 0.4) is 0 Å². The molecule has 1 aliphatic rings. The smallest absolute Gasteiger partial charge is 0.221 e. The molecule has 0 saturated carbocycles. The van der Waals surface area contributed by atoms with Crippen LogP contribution in [0.25, 0.3) is 0 Å². The van der Waals surface area contributed by atoms with E-state index in [1.807, 2.05) is 18.2 Å². The first-order valence-corrected chi connectivity index (χ1v) is 11.3. The monoisotopic (exact) mass is 394 g/mol. The van der Waals surface area contributed by atoms with Crippen molar-refractivity contribution in [3.63, 3.8) is 0 Å². The minimum atomic E-state index is -3.43. The Bertz CT molecular complexity index is 759. The van der Waals surface area contributed by atoms with Crippen LogP contribution in [-0.2, 0) is 21.4 Å². The number of carbonyl (C=O) groups excluding carboxylic acids is 1. The summed E-state index contributed by atoms with van der Waals surface area (Å²) in [4.78, 5) is 12.1. The van der Waals surface area contributed by atoms with Gasteiger partial charge in [0, 0.05) is 31.6 Å². The normalized spacial score (nSPS) is 14.7. The number of nitrogens with zero attached hydrogens (tertiary/aromatic N) is 1. The molecule has 0 fully saturated rings. The van der Waals surface area contributed by atoms with Crippen LogP contribution in [0, 0.1) is 0 Å². The summed E-state index contributed by atoms with van der Waals surface area (Å²) in [5.74, 6) is 0.511. The topological polar surface area (TPSA) is 75.7 Å². The third-order valence-corrected chi connectivity index (χ3v) is 6.00. The van der Waals surface area contributed by atoms with Gasteiger partial charge in [-0.05, 0) is 38.2 Å². The van der Waals surface area contributed by atoms with Gasteiger partial charge in [-0.15, -0.1) is 0 Å². The van der Waals surface area contributed by atoms with Gasteiger partial charge < -0.3 is 10.1 Å². The van der Waals surface area contributed by atoms with Gasteiger partial charge in [0.05, 0.1) is 13.4 Å². The number of ether oxygens (including phenoxy) is 1. The lowest BCUT2D eigenvalue weighted by Crippen LogP contribution is -2.34. The second kappa shape index (κ2) is 10.5. The summed E-state index contributed by atoms with van der Waals surface area (Å²) in [6.45, 7) is 0.935. The summed E-state index contributed by atoms with van der Waals surface area (Å²) in [7, 11) is -1.88. The van der Waals surface area contributed by atoms with Gasteiger partial charge in [-0.25, -0.2) is 8.42 Å². The van der Waals surface area contributed by atoms with E-state index >= 15 is 0 Å². The highest BCUT2D eigenvalue weighted by Crippen LogP contribution is 2.21. The number of carbonyl (C=O) groups is 1. The molecule has 1 aliphatic carbocycles. The minimum Gasteiger partial charge on any atom is -0.496 e. The number of para-hydroxylation sites is 1. The van der Waals surface area contributed by atoms with Gasteiger partial charge in [0.25, 0.3) is 0 Å². The first kappa shape index (κ1) is 21.4. The number of hydrogen-bond donors (Lipinski definition) is 1. The molecule has 0 unspecified atom stereocenters. The molecular formula is C20H30N2O4S. The molecule has 0 bridgehead atoms. The summed E-state index contributed by atoms with van der Waals surface area (Å²) in [5.41, 5.74) is 2.19. The zero-order valence-electron chi connectivity index (χ0n) is 16.2. The zero-order chi connectivity index (χ0) is 19.7. The zero-order valence-corrected chi connectivity index (χ0v) is 17.1. The molecule has 0 heterocycles. The molecule has 0 radical (unpaired) electrons. The molecule has 1 N–H and O–H groups in total. The molecule has 0 saturated heterocycles. The summed E-state index contributed by atoms with van der Waals surface area (Å²) < 4.78 is 30.8. The van der Waals surface area contributed by atoms with E-state index in [0.29, 0.717) is 12.3 Å². The predicted octanol–water partition coefficient (Wildman–Crippen LogP) is 2.85. The SMILES string of the molecule is COc1ccccc1CN(CCC(=O)NCCC1=CCCCC1)S(C)(=O)=O. The van der Waals surface area contributed by atoms with E-state index in [4.69, 9.17) is 4.74 Å². The van der Waals surface area contributed by atoms with Crippen molar-refractivity contribution in [2.24, 2.45) is 0 Å². The Morgan fingerprint density at radius 3 is 2.70 bits per heavy atom. The van der Waals surface area contributed by atoms with E-state index in [-0.39, 0.29) is 25.4 Å². The summed E-state index contributed by atoms with van der Waals surface area (Å²) in [6.07, 6.45) is 9.19. The van der Waals surface area contributed by atoms with Crippen LogP contribution in [0.15, 0.2) is 35.9 Å². The summed E-state index contributed by atoms with van der Waals surface area (Å²) >= 11 is 0. The van der Waals surface area contributed by atoms with E-state index in [9.17, 15) is 13.2 Å². The van der Waals surface area contributed by atoms with E-state index in [0.717, 1.165) is 31.1 Å². The summed E-state index contributed by atoms with van der Waals surface area (Å²) in [5, 5.41) is 2.90. The van der Waals surface area contributed by atoms with Crippen molar-refractivity contribution >= 4 is 15.9 Å². The van der Waals surface area contributed by atoms with Gasteiger partial charge in [-0.2, -0.15) is 4.31 Å². The number of allylic oxidation sites excluding steroid dienone is 1. The number of rotatable bonds is 10. The molecule has 0 spiro atoms. The molecule has 7 heteroatoms. The lowest BCUT2D eigenvalue weighted by molar-refractivity contribution is -0.121. The Hall–Kier alpha value is -1.86. The Kier molecular flexibility index (Phi) is 8.31. The van der Waals surface area contributed by atoms with Crippen LogP contribution in [0.4, 0.5) is 0 Å². The molecule has 6 nitrogen and oxygen atoms in total. The molecule has 1 amide bonds. The van der Waals surface area contributed by atoms with Gasteiger partial charge in [0.2, 0.25) is 15.9 Å². The number of amides is 1. The van der Waals surface area contributed by atoms with Crippen LogP contribution in [-0.4, -0.2) is 45.1 Å². The number of nitrogens with one attached hydrogen (secondary N) is 1. The first-order chi connectivity index (χ1) is 12.9. The van der Waals surface area contributed by atoms with Crippen molar-refractivity contribution in [3.8, 4) is 5.75 Å². The van der Waals surface area contributed by atoms with Crippen LogP contribution < -0.4 is 10.1 Å². The Morgan fingerprint density at radius 1 is 1.26 bits per heavy atom. The van der Waals surface area contributed by atoms with Crippen molar-refractivity contribution in [3.05, 3.63) is 41.5 Å². The molecule has 0 aromatic heterocycles. The van der Waals surface area contributed by atoms with Crippen molar-refractivity contribution in [2.45, 2.75) is 45.1 Å². The van der Waals surface area contributed by atoms with Gasteiger partial charge in [0.15, 0.2) is 0 Å². The van der Waals surface area contributed by atoms with Gasteiger partial charge in [0.1, 0.15) is 5.75 Å². The van der Waals surface area contributed by atoms with E-state index < -0.39 is 10.0 Å². The molecule has 0 aliphatic heterocycles. The average Bonchev–Trinajstić information content (AvgIpc) is 2.65. The molecule has 27 heavy (non-hydrogen) atoms. The standard InChI is InChI=1S/C20H30N2O4S/c1-26-19-11-7-6-10-18(19)16-22(27(2,24)25)15-13-20(23)21-14-12-17-8-4-3-5-9-17/h6-8,10-11H,3-5,9,12-16H2,1-2H3,(H,21,23). The maximum atomic E-state index is 12.1. The highest BCUT2D eigenvalue weighted by molar-refractivity contribution is 7.88. The second-order valence-electron chi connectivity index (χ2n) is 6.87. The van der Waals surface area contributed by atoms with E-state index in [2.05, 4.69) is 11.4 Å². The van der Waals surface area contributed by atoms with Gasteiger partial charge in [-0.1, -0.05) is 29.8 Å². The van der Waals surface area contributed by atoms with Crippen LogP contribution >= 0.6 is 0 Å². The number of sulfonamides is 1. The highest BCUT2D eigenvalue weighted by Gasteiger charge is 2.20. The van der Waals surface area contributed by atoms with Crippen LogP contribution in [0.5, 0.6) is 5.75 Å². The van der Waals surface area contributed by atoms with E-state index in [1.165, 1.54) is 22.7 Å². The lowest BCUT2D eigenvalue weighted by atomic mass is 9.97. The predicted molar refractivity (Wildman–Crippen MR) is 107 cm³/mol. The quantitative estimate of drug-likeness (QED) is 0.619. The maximum absolute atomic E-state index is 12.1. The largest absolute Gasteiger partial charge is 0.496 e. The number of hydrogen-bond acceptors (Lipinski definition) is 4. The third-order valence-electron chi connectivity index (χ3n) is 4.75. The molecule has 0 atom stereocenters. The van der Waals surface area contributed by atoms with Crippen molar-refractivity contribution < 1.29 is 17.9 Å². The fourth-order valence-electron chi connectivity index (χ4n) is 3.19. The molecule has 1 aromatic rings. The molecule has 2 rings (SSSR count). The number of methoxy groups -OCH3 is 1. The maximum Gasteiger partial charge on any atom is 0.221 e. The Balaban J connectivity index is 1.85. The van der Waals surface area contributed by atoms with Gasteiger partial charge >= 0.3 is 0 Å². The van der Waals surface area contributed by atoms with Crippen molar-refractivity contribution in [1.29, 1.82) is 0 Å². The summed E-state index contributed by atoms with van der Waals surface area (Å²) in [6, 6.07) is 7.30. The second-order valence-corrected chi connectivity index (χ2v) is 8.85. The number of benzene rings is 1. The fraction of sp³-hybridized carbons (Fsp3) is 0.550. The fourth-order valence-corrected chi connectivity index (χ4v) is 3.99. The third kappa shape index (κ3) is 7.34. The molecular weight excluding hydrogens is 364 g/mol. The minimum absolute atomic E-state index is 0.125. The van der Waals surface area contributed by atoms with Gasteiger partial charge in [-0.3, -0.25) is 4.79 Å².